The molecular formula is C23H37FIN5O2. The van der Waals surface area contributed by atoms with Crippen molar-refractivity contribution in [2.45, 2.75) is 44.9 Å². The normalized spacial score (nSPS) is 24.2. The van der Waals surface area contributed by atoms with Gasteiger partial charge in [0.05, 0.1) is 12.6 Å². The Labute approximate surface area is 208 Å². The number of hydrogen-bond donors (Lipinski definition) is 1. The highest BCUT2D eigenvalue weighted by atomic mass is 127. The summed E-state index contributed by atoms with van der Waals surface area (Å²) >= 11 is 0. The molecule has 7 nitrogen and oxygen atoms in total. The van der Waals surface area contributed by atoms with Gasteiger partial charge in [0, 0.05) is 33.2 Å². The molecule has 2 aliphatic rings. The Hall–Kier alpha value is -1.46. The number of benzene rings is 1. The van der Waals surface area contributed by atoms with Gasteiger partial charge in [0.25, 0.3) is 0 Å². The first-order chi connectivity index (χ1) is 14.9. The minimum atomic E-state index is -0.257. The van der Waals surface area contributed by atoms with E-state index in [-0.39, 0.29) is 54.5 Å². The molecule has 9 heteroatoms. The number of carbonyl (C=O) groups excluding carboxylic acids is 1. The first-order valence-corrected chi connectivity index (χ1v) is 11.3. The average molecular weight is 561 g/mol. The van der Waals surface area contributed by atoms with Crippen molar-refractivity contribution in [2.24, 2.45) is 4.99 Å². The van der Waals surface area contributed by atoms with Crippen LogP contribution in [0.1, 0.15) is 38.4 Å². The zero-order valence-electron chi connectivity index (χ0n) is 19.6. The summed E-state index contributed by atoms with van der Waals surface area (Å²) in [6.07, 6.45) is 2.19. The molecule has 1 aromatic rings. The van der Waals surface area contributed by atoms with Crippen molar-refractivity contribution in [3.63, 3.8) is 0 Å². The van der Waals surface area contributed by atoms with Crippen LogP contribution in [-0.4, -0.2) is 92.1 Å². The van der Waals surface area contributed by atoms with E-state index in [1.54, 1.807) is 31.1 Å². The predicted octanol–water partition coefficient (Wildman–Crippen LogP) is 2.72. The summed E-state index contributed by atoms with van der Waals surface area (Å²) < 4.78 is 19.5. The van der Waals surface area contributed by atoms with Crippen molar-refractivity contribution >= 4 is 35.8 Å². The van der Waals surface area contributed by atoms with Crippen molar-refractivity contribution < 1.29 is 13.9 Å². The van der Waals surface area contributed by atoms with Crippen molar-refractivity contribution in [1.82, 2.24) is 20.0 Å². The summed E-state index contributed by atoms with van der Waals surface area (Å²) in [5.41, 5.74) is 0.939. The van der Waals surface area contributed by atoms with Crippen molar-refractivity contribution in [3.8, 4) is 0 Å². The van der Waals surface area contributed by atoms with Gasteiger partial charge in [0.15, 0.2) is 5.96 Å². The summed E-state index contributed by atoms with van der Waals surface area (Å²) in [6, 6.07) is 6.95. The van der Waals surface area contributed by atoms with E-state index in [2.05, 4.69) is 27.0 Å². The van der Waals surface area contributed by atoms with Crippen LogP contribution in [0.25, 0.3) is 0 Å². The van der Waals surface area contributed by atoms with E-state index in [1.165, 1.54) is 25.0 Å². The number of guanidine groups is 1. The van der Waals surface area contributed by atoms with E-state index < -0.39 is 0 Å². The molecule has 0 saturated carbocycles. The lowest BCUT2D eigenvalue weighted by atomic mass is 10.1. The second kappa shape index (κ2) is 12.7. The van der Waals surface area contributed by atoms with E-state index in [9.17, 15) is 9.18 Å². The summed E-state index contributed by atoms with van der Waals surface area (Å²) in [5.74, 6) is 0.444. The van der Waals surface area contributed by atoms with E-state index in [1.807, 2.05) is 6.92 Å². The number of carbonyl (C=O) groups is 1. The van der Waals surface area contributed by atoms with Gasteiger partial charge in [-0.15, -0.1) is 24.0 Å². The number of amides is 1. The lowest BCUT2D eigenvalue weighted by Gasteiger charge is -2.39. The zero-order valence-corrected chi connectivity index (χ0v) is 21.9. The van der Waals surface area contributed by atoms with Gasteiger partial charge in [0.2, 0.25) is 5.91 Å². The Kier molecular flexibility index (Phi) is 10.6. The van der Waals surface area contributed by atoms with Crippen LogP contribution in [0.15, 0.2) is 29.3 Å². The van der Waals surface area contributed by atoms with E-state index in [0.717, 1.165) is 31.2 Å². The van der Waals surface area contributed by atoms with Gasteiger partial charge in [-0.05, 0) is 50.6 Å². The highest BCUT2D eigenvalue weighted by molar-refractivity contribution is 14.0. The van der Waals surface area contributed by atoms with E-state index >= 15 is 0 Å². The number of halogens is 2. The molecule has 0 spiro atoms. The molecule has 1 N–H and O–H groups in total. The molecule has 2 saturated heterocycles. The van der Waals surface area contributed by atoms with Crippen LogP contribution < -0.4 is 5.32 Å². The van der Waals surface area contributed by atoms with Crippen LogP contribution in [0.2, 0.25) is 0 Å². The number of aliphatic imine (C=N–C) groups is 1. The molecule has 0 aromatic heterocycles. The maximum Gasteiger partial charge on any atom is 0.243 e. The van der Waals surface area contributed by atoms with Crippen molar-refractivity contribution in [1.29, 1.82) is 0 Å². The van der Waals surface area contributed by atoms with Crippen LogP contribution in [0.4, 0.5) is 4.39 Å². The molecule has 180 valence electrons. The Bertz CT molecular complexity index is 761. The number of hydrogen-bond acceptors (Lipinski definition) is 4. The third-order valence-corrected chi connectivity index (χ3v) is 6.07. The van der Waals surface area contributed by atoms with Crippen molar-refractivity contribution in [3.05, 3.63) is 35.6 Å². The Balaban J connectivity index is 0.00000363. The van der Waals surface area contributed by atoms with Gasteiger partial charge >= 0.3 is 0 Å². The molecule has 0 radical (unpaired) electrons. The summed E-state index contributed by atoms with van der Waals surface area (Å²) in [7, 11) is 3.48. The second-order valence-electron chi connectivity index (χ2n) is 8.63. The van der Waals surface area contributed by atoms with Crippen LogP contribution in [0, 0.1) is 5.82 Å². The molecular weight excluding hydrogens is 524 g/mol. The van der Waals surface area contributed by atoms with Gasteiger partial charge in [-0.2, -0.15) is 0 Å². The Morgan fingerprint density at radius 3 is 2.66 bits per heavy atom. The van der Waals surface area contributed by atoms with Gasteiger partial charge < -0.3 is 19.9 Å². The average Bonchev–Trinajstić information content (AvgIpc) is 3.21. The Morgan fingerprint density at radius 1 is 1.28 bits per heavy atom. The molecule has 2 heterocycles. The van der Waals surface area contributed by atoms with E-state index in [0.29, 0.717) is 19.1 Å². The maximum atomic E-state index is 13.4. The molecule has 3 atom stereocenters. The highest BCUT2D eigenvalue weighted by Gasteiger charge is 2.30. The summed E-state index contributed by atoms with van der Waals surface area (Å²) in [6.45, 7) is 8.58. The first kappa shape index (κ1) is 26.8. The monoisotopic (exact) mass is 561 g/mol. The third kappa shape index (κ3) is 7.28. The van der Waals surface area contributed by atoms with Gasteiger partial charge in [0.1, 0.15) is 18.5 Å². The quantitative estimate of drug-likeness (QED) is 0.329. The number of nitrogens with one attached hydrogen (secondary N) is 1. The largest absolute Gasteiger partial charge is 0.367 e. The number of nitrogens with zero attached hydrogens (tertiary/aromatic N) is 4. The second-order valence-corrected chi connectivity index (χ2v) is 8.63. The number of likely N-dealkylation sites (tertiary alicyclic amines) is 1. The van der Waals surface area contributed by atoms with Crippen LogP contribution in [-0.2, 0) is 9.53 Å². The summed E-state index contributed by atoms with van der Waals surface area (Å²) in [4.78, 5) is 23.0. The molecule has 2 aliphatic heterocycles. The van der Waals surface area contributed by atoms with Crippen molar-refractivity contribution in [2.75, 3.05) is 53.4 Å². The molecule has 1 aromatic carbocycles. The topological polar surface area (TPSA) is 60.4 Å². The first-order valence-electron chi connectivity index (χ1n) is 11.3. The van der Waals surface area contributed by atoms with E-state index in [4.69, 9.17) is 4.74 Å². The predicted molar refractivity (Wildman–Crippen MR) is 136 cm³/mol. The van der Waals surface area contributed by atoms with Gasteiger partial charge in [-0.25, -0.2) is 9.38 Å². The summed E-state index contributed by atoms with van der Waals surface area (Å²) in [5, 5.41) is 3.54. The molecule has 0 bridgehead atoms. The fourth-order valence-electron chi connectivity index (χ4n) is 4.29. The van der Waals surface area contributed by atoms with Crippen LogP contribution >= 0.6 is 24.0 Å². The number of rotatable bonds is 6. The van der Waals surface area contributed by atoms with Crippen LogP contribution in [0.5, 0.6) is 0 Å². The third-order valence-electron chi connectivity index (χ3n) is 6.07. The maximum absolute atomic E-state index is 13.4. The molecule has 1 amide bonds. The smallest absolute Gasteiger partial charge is 0.243 e. The minimum Gasteiger partial charge on any atom is -0.367 e. The molecule has 3 unspecified atom stereocenters. The van der Waals surface area contributed by atoms with Gasteiger partial charge in [-0.3, -0.25) is 9.69 Å². The number of ether oxygens (including phenoxy) is 1. The fourth-order valence-corrected chi connectivity index (χ4v) is 4.29. The zero-order chi connectivity index (χ0) is 22.4. The van der Waals surface area contributed by atoms with Gasteiger partial charge in [-0.1, -0.05) is 19.1 Å². The highest BCUT2D eigenvalue weighted by Crippen LogP contribution is 2.25. The lowest BCUT2D eigenvalue weighted by molar-refractivity contribution is -0.127. The number of likely N-dealkylation sites (N-methyl/N-ethyl adjacent to an activating group) is 2. The van der Waals surface area contributed by atoms with Crippen LogP contribution in [0.3, 0.4) is 0 Å². The molecule has 3 rings (SSSR count). The standard InChI is InChI=1S/C23H36FN5O2.HI/c1-5-28-12-6-7-20(28)13-25-23(26-14-22(30)27(3)4)29-15-17(2)31-21(16-29)18-8-10-19(24)11-9-18;/h8-11,17,20-21H,5-7,12-16H2,1-4H3,(H,25,26);1H. The fraction of sp³-hybridized carbons (Fsp3) is 0.652. The lowest BCUT2D eigenvalue weighted by Crippen LogP contribution is -2.53. The SMILES string of the molecule is CCN1CCCC1CNC(=NCC(=O)N(C)C)N1CC(C)OC(c2ccc(F)cc2)C1.I. The Morgan fingerprint density at radius 2 is 2.00 bits per heavy atom. The molecule has 0 aliphatic carbocycles. The minimum absolute atomic E-state index is 0. The number of morpholine rings is 1. The molecule has 32 heavy (non-hydrogen) atoms. The molecule has 2 fully saturated rings.